The second kappa shape index (κ2) is 7.02. The Kier molecular flexibility index (Phi) is 5.33. The molecule has 2 aromatic rings. The maximum absolute atomic E-state index is 12.4. The third kappa shape index (κ3) is 4.27. The van der Waals surface area contributed by atoms with Crippen molar-refractivity contribution in [3.05, 3.63) is 66.2 Å². The molecule has 0 radical (unpaired) electrons. The summed E-state index contributed by atoms with van der Waals surface area (Å²) in [6, 6.07) is 13.4. The monoisotopic (exact) mass is 339 g/mol. The van der Waals surface area contributed by atoms with Crippen LogP contribution in [0.2, 0.25) is 5.02 Å². The van der Waals surface area contributed by atoms with Gasteiger partial charge in [-0.15, -0.1) is 18.3 Å². The van der Waals surface area contributed by atoms with Gasteiger partial charge < -0.3 is 0 Å². The highest BCUT2D eigenvalue weighted by Gasteiger charge is 2.16. The predicted molar refractivity (Wildman–Crippen MR) is 89.6 cm³/mol. The number of sulfonamides is 1. The van der Waals surface area contributed by atoms with Crippen molar-refractivity contribution < 1.29 is 8.42 Å². The largest absolute Gasteiger partial charge is 0.278 e. The summed E-state index contributed by atoms with van der Waals surface area (Å²) in [5.74, 6) is 0.704. The van der Waals surface area contributed by atoms with E-state index in [0.717, 1.165) is 4.90 Å². The average Bonchev–Trinajstić information content (AvgIpc) is 2.46. The number of benzene rings is 2. The smallest absolute Gasteiger partial charge is 0.261 e. The highest BCUT2D eigenvalue weighted by atomic mass is 35.5. The van der Waals surface area contributed by atoms with Gasteiger partial charge in [-0.05, 0) is 30.3 Å². The van der Waals surface area contributed by atoms with Gasteiger partial charge in [-0.2, -0.15) is 0 Å². The predicted octanol–water partition coefficient (Wildman–Crippen LogP) is 4.42. The van der Waals surface area contributed by atoms with E-state index in [9.17, 15) is 8.42 Å². The Morgan fingerprint density at radius 2 is 1.95 bits per heavy atom. The quantitative estimate of drug-likeness (QED) is 0.626. The van der Waals surface area contributed by atoms with Gasteiger partial charge in [0.05, 0.1) is 10.6 Å². The number of thioether (sulfide) groups is 1. The van der Waals surface area contributed by atoms with Gasteiger partial charge in [-0.25, -0.2) is 8.42 Å². The first-order valence-electron chi connectivity index (χ1n) is 6.14. The summed E-state index contributed by atoms with van der Waals surface area (Å²) in [6.07, 6.45) is 1.77. The molecule has 1 N–H and O–H groups in total. The van der Waals surface area contributed by atoms with E-state index in [4.69, 9.17) is 11.6 Å². The number of hydrogen-bond donors (Lipinski definition) is 1. The van der Waals surface area contributed by atoms with Gasteiger partial charge in [0.25, 0.3) is 10.0 Å². The zero-order valence-electron chi connectivity index (χ0n) is 11.1. The maximum atomic E-state index is 12.4. The molecule has 2 rings (SSSR count). The van der Waals surface area contributed by atoms with Gasteiger partial charge in [0.15, 0.2) is 0 Å². The lowest BCUT2D eigenvalue weighted by atomic mass is 10.3. The Morgan fingerprint density at radius 3 is 2.67 bits per heavy atom. The van der Waals surface area contributed by atoms with Gasteiger partial charge in [-0.3, -0.25) is 4.72 Å². The van der Waals surface area contributed by atoms with Crippen molar-refractivity contribution >= 4 is 39.1 Å². The van der Waals surface area contributed by atoms with Crippen LogP contribution >= 0.6 is 23.4 Å². The summed E-state index contributed by atoms with van der Waals surface area (Å²) in [7, 11) is -3.66. The number of para-hydroxylation sites is 1. The number of hydrogen-bond acceptors (Lipinski definition) is 3. The minimum absolute atomic E-state index is 0.138. The van der Waals surface area contributed by atoms with Gasteiger partial charge in [0.1, 0.15) is 0 Å². The topological polar surface area (TPSA) is 46.2 Å². The maximum Gasteiger partial charge on any atom is 0.261 e. The Labute approximate surface area is 134 Å². The second-order valence-electron chi connectivity index (χ2n) is 4.16. The van der Waals surface area contributed by atoms with Crippen LogP contribution in [0.3, 0.4) is 0 Å². The molecule has 0 bridgehead atoms. The Bertz CT molecular complexity index is 745. The molecule has 21 heavy (non-hydrogen) atoms. The van der Waals surface area contributed by atoms with E-state index in [2.05, 4.69) is 11.3 Å². The molecule has 0 atom stereocenters. The van der Waals surface area contributed by atoms with E-state index in [-0.39, 0.29) is 4.90 Å². The van der Waals surface area contributed by atoms with Crippen molar-refractivity contribution in [3.8, 4) is 0 Å². The Morgan fingerprint density at radius 1 is 1.19 bits per heavy atom. The van der Waals surface area contributed by atoms with E-state index in [1.807, 2.05) is 12.1 Å². The summed E-state index contributed by atoms with van der Waals surface area (Å²) in [4.78, 5) is 0.988. The zero-order valence-corrected chi connectivity index (χ0v) is 13.5. The fourth-order valence-corrected chi connectivity index (χ4v) is 3.85. The van der Waals surface area contributed by atoms with Crippen LogP contribution in [-0.2, 0) is 10.0 Å². The number of anilines is 1. The lowest BCUT2D eigenvalue weighted by Crippen LogP contribution is -2.13. The standard InChI is InChI=1S/C15H14ClNO2S2/c1-2-10-20-15-9-4-3-8-14(15)17-21(18,19)13-7-5-6-12(16)11-13/h2-9,11,17H,1,10H2. The van der Waals surface area contributed by atoms with Crippen LogP contribution in [0, 0.1) is 0 Å². The molecular formula is C15H14ClNO2S2. The molecule has 0 amide bonds. The van der Waals surface area contributed by atoms with Gasteiger partial charge in [0, 0.05) is 15.7 Å². The minimum Gasteiger partial charge on any atom is -0.278 e. The molecule has 0 unspecified atom stereocenters. The van der Waals surface area contributed by atoms with Crippen LogP contribution in [-0.4, -0.2) is 14.2 Å². The molecule has 0 heterocycles. The van der Waals surface area contributed by atoms with Crippen molar-refractivity contribution in [2.24, 2.45) is 0 Å². The lowest BCUT2D eigenvalue weighted by Gasteiger charge is -2.12. The normalized spacial score (nSPS) is 11.1. The Balaban J connectivity index is 2.30. The first kappa shape index (κ1) is 15.9. The molecule has 0 fully saturated rings. The molecular weight excluding hydrogens is 326 g/mol. The zero-order chi connectivity index (χ0) is 15.3. The second-order valence-corrected chi connectivity index (χ2v) is 7.34. The molecule has 0 saturated heterocycles. The van der Waals surface area contributed by atoms with E-state index >= 15 is 0 Å². The van der Waals surface area contributed by atoms with E-state index in [1.54, 1.807) is 30.3 Å². The number of rotatable bonds is 6. The minimum atomic E-state index is -3.66. The summed E-state index contributed by atoms with van der Waals surface area (Å²) >= 11 is 7.36. The SMILES string of the molecule is C=CCSc1ccccc1NS(=O)(=O)c1cccc(Cl)c1. The average molecular weight is 340 g/mol. The molecule has 0 saturated carbocycles. The van der Waals surface area contributed by atoms with Crippen LogP contribution in [0.1, 0.15) is 0 Å². The summed E-state index contributed by atoms with van der Waals surface area (Å²) < 4.78 is 27.4. The fourth-order valence-electron chi connectivity index (χ4n) is 1.66. The lowest BCUT2D eigenvalue weighted by molar-refractivity contribution is 0.601. The summed E-state index contributed by atoms with van der Waals surface area (Å²) in [5.41, 5.74) is 0.546. The van der Waals surface area contributed by atoms with E-state index in [0.29, 0.717) is 16.5 Å². The molecule has 0 aromatic heterocycles. The highest BCUT2D eigenvalue weighted by molar-refractivity contribution is 7.99. The Hall–Kier alpha value is -1.43. The third-order valence-corrected chi connectivity index (χ3v) is 5.26. The molecule has 0 spiro atoms. The number of halogens is 1. The van der Waals surface area contributed by atoms with Crippen molar-refractivity contribution in [2.45, 2.75) is 9.79 Å². The van der Waals surface area contributed by atoms with Gasteiger partial charge in [0.2, 0.25) is 0 Å². The highest BCUT2D eigenvalue weighted by Crippen LogP contribution is 2.29. The van der Waals surface area contributed by atoms with Crippen molar-refractivity contribution in [1.82, 2.24) is 0 Å². The molecule has 2 aromatic carbocycles. The van der Waals surface area contributed by atoms with Crippen molar-refractivity contribution in [1.29, 1.82) is 0 Å². The van der Waals surface area contributed by atoms with Crippen LogP contribution in [0.4, 0.5) is 5.69 Å². The van der Waals surface area contributed by atoms with Gasteiger partial charge >= 0.3 is 0 Å². The van der Waals surface area contributed by atoms with Crippen LogP contribution in [0.25, 0.3) is 0 Å². The van der Waals surface area contributed by atoms with Crippen LogP contribution < -0.4 is 4.72 Å². The van der Waals surface area contributed by atoms with E-state index in [1.165, 1.54) is 23.9 Å². The van der Waals surface area contributed by atoms with E-state index < -0.39 is 10.0 Å². The first-order chi connectivity index (χ1) is 10.0. The van der Waals surface area contributed by atoms with Crippen molar-refractivity contribution in [2.75, 3.05) is 10.5 Å². The summed E-state index contributed by atoms with van der Waals surface area (Å²) in [5, 5.41) is 0.382. The van der Waals surface area contributed by atoms with Gasteiger partial charge in [-0.1, -0.05) is 35.9 Å². The molecule has 3 nitrogen and oxygen atoms in total. The van der Waals surface area contributed by atoms with Crippen LogP contribution in [0.15, 0.2) is 71.0 Å². The molecule has 0 aliphatic rings. The van der Waals surface area contributed by atoms with Crippen LogP contribution in [0.5, 0.6) is 0 Å². The fraction of sp³-hybridized carbons (Fsp3) is 0.0667. The third-order valence-electron chi connectivity index (χ3n) is 2.59. The molecule has 110 valence electrons. The molecule has 0 aliphatic heterocycles. The van der Waals surface area contributed by atoms with Crippen molar-refractivity contribution in [3.63, 3.8) is 0 Å². The molecule has 6 heteroatoms. The first-order valence-corrected chi connectivity index (χ1v) is 8.99. The summed E-state index contributed by atoms with van der Waals surface area (Å²) in [6.45, 7) is 3.66. The molecule has 0 aliphatic carbocycles. The number of nitrogens with one attached hydrogen (secondary N) is 1.